The maximum absolute atomic E-state index is 12.6. The highest BCUT2D eigenvalue weighted by atomic mass is 79.9. The zero-order valence-corrected chi connectivity index (χ0v) is 12.7. The van der Waals surface area contributed by atoms with Crippen molar-refractivity contribution in [3.63, 3.8) is 0 Å². The van der Waals surface area contributed by atoms with Gasteiger partial charge in [0.15, 0.2) is 0 Å². The van der Waals surface area contributed by atoms with Gasteiger partial charge < -0.3 is 12.9 Å². The Hall–Kier alpha value is 0.0462. The first kappa shape index (κ1) is 17.1. The lowest BCUT2D eigenvalue weighted by Gasteiger charge is -2.14. The maximum Gasteiger partial charge on any atom is 0.468 e. The number of alkyl halides is 6. The summed E-state index contributed by atoms with van der Waals surface area (Å²) in [6, 6.07) is 1.75. The fourth-order valence-corrected chi connectivity index (χ4v) is 3.22. The smallest absolute Gasteiger partial charge is 0.307 e. The number of rotatable bonds is 4. The van der Waals surface area contributed by atoms with Crippen molar-refractivity contribution in [1.29, 1.82) is 0 Å². The van der Waals surface area contributed by atoms with Crippen LogP contribution in [0.25, 0.3) is 0 Å². The van der Waals surface area contributed by atoms with E-state index in [2.05, 4.69) is 12.9 Å². The quantitative estimate of drug-likeness (QED) is 0.399. The van der Waals surface area contributed by atoms with E-state index in [0.717, 1.165) is 16.7 Å². The molecule has 8 heteroatoms. The number of halogens is 7. The summed E-state index contributed by atoms with van der Waals surface area (Å²) in [5.41, 5.74) is -2.40. The Morgan fingerprint density at radius 2 is 1.37 bits per heavy atom. The molecule has 0 heterocycles. The van der Waals surface area contributed by atoms with Gasteiger partial charge in [0.05, 0.1) is 11.1 Å². The van der Waals surface area contributed by atoms with E-state index >= 15 is 0 Å². The molecule has 0 aliphatic carbocycles. The molecular weight excluding hydrogens is 350 g/mol. The normalized spacial score (nSPS) is 12.4. The molecule has 0 atom stereocenters. The van der Waals surface area contributed by atoms with E-state index in [9.17, 15) is 26.3 Å². The van der Waals surface area contributed by atoms with Crippen molar-refractivity contribution < 1.29 is 26.3 Å². The number of hydrogen-bond donors (Lipinski definition) is 0. The Balaban J connectivity index is 3.10. The van der Waals surface area contributed by atoms with E-state index in [0.29, 0.717) is 6.42 Å². The van der Waals surface area contributed by atoms with Crippen LogP contribution in [-0.2, 0) is 18.8 Å². The summed E-state index contributed by atoms with van der Waals surface area (Å²) < 4.78 is 76.2. The lowest BCUT2D eigenvalue weighted by molar-refractivity contribution is -0.143. The van der Waals surface area contributed by atoms with Crippen molar-refractivity contribution in [2.75, 3.05) is 0 Å². The first-order valence-corrected chi connectivity index (χ1v) is 10.4. The van der Waals surface area contributed by atoms with E-state index in [1.165, 1.54) is 0 Å². The van der Waals surface area contributed by atoms with Crippen LogP contribution in [-0.4, -0.2) is 18.2 Å². The van der Waals surface area contributed by atoms with Gasteiger partial charge in [-0.05, 0) is 30.2 Å². The molecule has 0 aliphatic heterocycles. The van der Waals surface area contributed by atoms with Crippen molar-refractivity contribution in [1.82, 2.24) is 0 Å². The predicted molar refractivity (Wildman–Crippen MR) is 64.3 cm³/mol. The lowest BCUT2D eigenvalue weighted by atomic mass is 10.0. The molecule has 0 amide bonds. The Labute approximate surface area is 122 Å². The fraction of sp³-hybridized carbons (Fsp3) is 0.455. The van der Waals surface area contributed by atoms with Crippen LogP contribution < -0.4 is 0 Å². The molecule has 0 fully saturated rings. The highest BCUT2D eigenvalue weighted by Gasteiger charge is 2.36. The summed E-state index contributed by atoms with van der Waals surface area (Å²) in [6.45, 7) is 0. The highest BCUT2D eigenvalue weighted by Crippen LogP contribution is 2.36. The highest BCUT2D eigenvalue weighted by molar-refractivity contribution is 9.23. The molecule has 1 rings (SSSR count). The molecule has 0 radical (unpaired) electrons. The number of hydrogen-bond acceptors (Lipinski definition) is 0. The van der Waals surface area contributed by atoms with Gasteiger partial charge in [-0.3, -0.25) is 0 Å². The molecule has 0 spiro atoms. The van der Waals surface area contributed by atoms with Gasteiger partial charge in [-0.2, -0.15) is 26.3 Å². The first-order valence-electron chi connectivity index (χ1n) is 5.49. The second-order valence-electron chi connectivity index (χ2n) is 4.06. The molecule has 0 saturated carbocycles. The minimum Gasteiger partial charge on any atom is -0.307 e. The molecule has 0 bridgehead atoms. The molecule has 0 saturated heterocycles. The Morgan fingerprint density at radius 3 is 1.74 bits per heavy atom. The summed E-state index contributed by atoms with van der Waals surface area (Å²) in [5, 5.41) is 0. The topological polar surface area (TPSA) is 0 Å². The zero-order valence-electron chi connectivity index (χ0n) is 9.71. The Morgan fingerprint density at radius 1 is 0.895 bits per heavy atom. The van der Waals surface area contributed by atoms with Gasteiger partial charge in [0.1, 0.15) is 0 Å². The zero-order chi connectivity index (χ0) is 14.7. The molecular formula is C11H9BrF6Mg. The van der Waals surface area contributed by atoms with E-state index in [1.54, 1.807) is 0 Å². The first-order chi connectivity index (χ1) is 8.64. The van der Waals surface area contributed by atoms with Crippen molar-refractivity contribution in [2.45, 2.75) is 29.7 Å². The molecule has 0 unspecified atom stereocenters. The number of aryl methyl sites for hydroxylation is 1. The second kappa shape index (κ2) is 6.67. The van der Waals surface area contributed by atoms with Crippen molar-refractivity contribution >= 4 is 31.1 Å². The van der Waals surface area contributed by atoms with Gasteiger partial charge in [-0.15, -0.1) is 4.55 Å². The van der Waals surface area contributed by atoms with Gasteiger partial charge in [-0.1, -0.05) is 6.42 Å². The summed E-state index contributed by atoms with van der Waals surface area (Å²) in [7, 11) is 0. The van der Waals surface area contributed by atoms with Gasteiger partial charge >= 0.3 is 30.5 Å². The number of benzene rings is 1. The van der Waals surface area contributed by atoms with Crippen LogP contribution in [0.1, 0.15) is 23.1 Å². The van der Waals surface area contributed by atoms with E-state index in [1.807, 2.05) is 0 Å². The van der Waals surface area contributed by atoms with Crippen molar-refractivity contribution in [3.05, 3.63) is 34.9 Å². The van der Waals surface area contributed by atoms with E-state index in [-0.39, 0.29) is 18.1 Å². The van der Waals surface area contributed by atoms with Crippen LogP contribution in [0.2, 0.25) is 4.55 Å². The van der Waals surface area contributed by atoms with Crippen LogP contribution in [0, 0.1) is 0 Å². The molecule has 0 N–H and O–H groups in total. The van der Waals surface area contributed by atoms with Crippen LogP contribution >= 0.6 is 12.9 Å². The minimum atomic E-state index is -4.76. The molecule has 1 aromatic rings. The average molecular weight is 359 g/mol. The summed E-state index contributed by atoms with van der Waals surface area (Å²) >= 11 is 2.89. The lowest BCUT2D eigenvalue weighted by Crippen LogP contribution is -2.11. The summed E-state index contributed by atoms with van der Waals surface area (Å²) in [6.07, 6.45) is -8.71. The molecule has 0 aromatic heterocycles. The molecule has 0 nitrogen and oxygen atoms in total. The third-order valence-electron chi connectivity index (χ3n) is 2.50. The third-order valence-corrected chi connectivity index (χ3v) is 4.95. The van der Waals surface area contributed by atoms with Crippen molar-refractivity contribution in [3.8, 4) is 0 Å². The van der Waals surface area contributed by atoms with Crippen LogP contribution in [0.15, 0.2) is 18.2 Å². The van der Waals surface area contributed by atoms with Crippen LogP contribution in [0.4, 0.5) is 26.3 Å². The Kier molecular flexibility index (Phi) is 6.00. The molecule has 104 valence electrons. The molecule has 1 aromatic carbocycles. The standard InChI is InChI=1S/C11H9F6.BrH.Mg/c1-2-3-7-4-8(10(12,13)14)6-9(5-7)11(15,16)17;;/h4-6H,1-3H2;1H;/q;;+1/p-1. The van der Waals surface area contributed by atoms with Gasteiger partial charge in [0, 0.05) is 0 Å². The van der Waals surface area contributed by atoms with Crippen molar-refractivity contribution in [2.24, 2.45) is 0 Å². The van der Waals surface area contributed by atoms with Gasteiger partial charge in [0.2, 0.25) is 0 Å². The Bertz CT molecular complexity index is 394. The fourth-order valence-electron chi connectivity index (χ4n) is 1.59. The van der Waals surface area contributed by atoms with Crippen LogP contribution in [0.3, 0.4) is 0 Å². The minimum absolute atomic E-state index is 0.0806. The average Bonchev–Trinajstić information content (AvgIpc) is 2.27. The molecule has 0 aliphatic rings. The summed E-state index contributed by atoms with van der Waals surface area (Å²) in [4.78, 5) is 0. The molecule has 19 heavy (non-hydrogen) atoms. The van der Waals surface area contributed by atoms with E-state index < -0.39 is 41.7 Å². The third kappa shape index (κ3) is 5.51. The maximum atomic E-state index is 12.6. The van der Waals surface area contributed by atoms with Gasteiger partial charge in [0.25, 0.3) is 0 Å². The largest absolute Gasteiger partial charge is 0.468 e. The predicted octanol–water partition coefficient (Wildman–Crippen LogP) is 5.09. The SMILES string of the molecule is FC(F)(F)c1cc(CC[CH2][Mg][Br])cc(C(F)(F)F)c1. The monoisotopic (exact) mass is 358 g/mol. The summed E-state index contributed by atoms with van der Waals surface area (Å²) in [5.74, 6) is 0. The van der Waals surface area contributed by atoms with Crippen LogP contribution in [0.5, 0.6) is 0 Å². The van der Waals surface area contributed by atoms with Gasteiger partial charge in [-0.25, -0.2) is 0 Å². The van der Waals surface area contributed by atoms with E-state index in [4.69, 9.17) is 0 Å². The second-order valence-corrected chi connectivity index (χ2v) is 7.52.